The molecule has 1 fully saturated rings. The first-order chi connectivity index (χ1) is 14.7. The van der Waals surface area contributed by atoms with Gasteiger partial charge in [0.25, 0.3) is 0 Å². The van der Waals surface area contributed by atoms with Crippen LogP contribution in [0.5, 0.6) is 0 Å². The molecule has 0 bridgehead atoms. The highest BCUT2D eigenvalue weighted by Gasteiger charge is 2.31. The van der Waals surface area contributed by atoms with Crippen LogP contribution in [-0.4, -0.2) is 37.5 Å². The molecule has 1 saturated heterocycles. The first-order valence-electron chi connectivity index (χ1n) is 9.96. The molecule has 4 rings (SSSR count). The number of ether oxygens (including phenoxy) is 2. The number of hydrazine groups is 3. The van der Waals surface area contributed by atoms with Gasteiger partial charge in [0.15, 0.2) is 0 Å². The molecule has 1 heterocycles. The maximum atomic E-state index is 12.5. The number of esters is 1. The third kappa shape index (κ3) is 4.29. The highest BCUT2D eigenvalue weighted by molar-refractivity contribution is 5.82. The van der Waals surface area contributed by atoms with Crippen molar-refractivity contribution in [3.05, 3.63) is 59.7 Å². The molecular formula is C21H25N5O4. The van der Waals surface area contributed by atoms with E-state index in [-0.39, 0.29) is 31.7 Å². The molecule has 1 atom stereocenters. The van der Waals surface area contributed by atoms with Crippen molar-refractivity contribution in [2.75, 3.05) is 13.2 Å². The summed E-state index contributed by atoms with van der Waals surface area (Å²) in [6, 6.07) is 15.4. The molecule has 2 aromatic carbocycles. The van der Waals surface area contributed by atoms with Gasteiger partial charge < -0.3 is 14.8 Å². The number of hydrogen-bond donors (Lipinski definition) is 5. The van der Waals surface area contributed by atoms with Crippen LogP contribution >= 0.6 is 0 Å². The van der Waals surface area contributed by atoms with Gasteiger partial charge in [0.1, 0.15) is 12.6 Å². The molecule has 30 heavy (non-hydrogen) atoms. The zero-order chi connectivity index (χ0) is 20.9. The zero-order valence-corrected chi connectivity index (χ0v) is 16.6. The van der Waals surface area contributed by atoms with Crippen LogP contribution in [0.4, 0.5) is 4.79 Å². The average Bonchev–Trinajstić information content (AvgIpc) is 3.38. The fourth-order valence-electron chi connectivity index (χ4n) is 3.88. The van der Waals surface area contributed by atoms with E-state index in [4.69, 9.17) is 9.47 Å². The van der Waals surface area contributed by atoms with E-state index < -0.39 is 18.1 Å². The normalized spacial score (nSPS) is 16.6. The third-order valence-corrected chi connectivity index (χ3v) is 5.23. The van der Waals surface area contributed by atoms with Crippen LogP contribution in [0.2, 0.25) is 0 Å². The van der Waals surface area contributed by atoms with Crippen LogP contribution in [0.1, 0.15) is 30.4 Å². The smallest absolute Gasteiger partial charge is 0.407 e. The van der Waals surface area contributed by atoms with Gasteiger partial charge in [-0.25, -0.2) is 20.4 Å². The predicted molar refractivity (Wildman–Crippen MR) is 110 cm³/mol. The molecule has 0 spiro atoms. The minimum absolute atomic E-state index is 0.0456. The summed E-state index contributed by atoms with van der Waals surface area (Å²) in [6.07, 6.45) is -0.662. The fourth-order valence-corrected chi connectivity index (χ4v) is 3.88. The summed E-state index contributed by atoms with van der Waals surface area (Å²) >= 11 is 0. The Morgan fingerprint density at radius 1 is 0.967 bits per heavy atom. The van der Waals surface area contributed by atoms with E-state index in [0.717, 1.165) is 22.3 Å². The third-order valence-electron chi connectivity index (χ3n) is 5.23. The molecule has 5 N–H and O–H groups in total. The first kappa shape index (κ1) is 20.3. The van der Waals surface area contributed by atoms with E-state index in [9.17, 15) is 9.59 Å². The molecule has 1 aliphatic carbocycles. The van der Waals surface area contributed by atoms with Crippen molar-refractivity contribution in [1.82, 2.24) is 27.2 Å². The molecule has 0 radical (unpaired) electrons. The number of amides is 1. The predicted octanol–water partition coefficient (Wildman–Crippen LogP) is 1.29. The lowest BCUT2D eigenvalue weighted by Gasteiger charge is -2.20. The van der Waals surface area contributed by atoms with Gasteiger partial charge in [-0.05, 0) is 29.2 Å². The lowest BCUT2D eigenvalue weighted by atomic mass is 9.98. The topological polar surface area (TPSA) is 113 Å². The summed E-state index contributed by atoms with van der Waals surface area (Å²) in [6.45, 7) is 2.12. The average molecular weight is 411 g/mol. The Balaban J connectivity index is 1.41. The van der Waals surface area contributed by atoms with Gasteiger partial charge in [-0.15, -0.1) is 0 Å². The van der Waals surface area contributed by atoms with Crippen LogP contribution < -0.4 is 27.2 Å². The summed E-state index contributed by atoms with van der Waals surface area (Å²) in [4.78, 5) is 24.8. The van der Waals surface area contributed by atoms with Crippen LogP contribution in [0.3, 0.4) is 0 Å². The summed E-state index contributed by atoms with van der Waals surface area (Å²) in [5, 5.41) is 2.63. The summed E-state index contributed by atoms with van der Waals surface area (Å²) in [5.74, 6) is -0.558. The van der Waals surface area contributed by atoms with Crippen molar-refractivity contribution < 1.29 is 19.1 Å². The SMILES string of the molecule is CCOC(=O)[C@@H](CC1NNNN1)NC(=O)OCC1c2ccccc2-c2ccccc21. The van der Waals surface area contributed by atoms with Crippen molar-refractivity contribution in [2.45, 2.75) is 31.5 Å². The highest BCUT2D eigenvalue weighted by Crippen LogP contribution is 2.44. The Bertz CT molecular complexity index is 870. The second kappa shape index (κ2) is 9.23. The van der Waals surface area contributed by atoms with E-state index in [1.54, 1.807) is 6.92 Å². The molecule has 1 aliphatic heterocycles. The number of rotatable bonds is 7. The van der Waals surface area contributed by atoms with E-state index in [1.165, 1.54) is 0 Å². The number of alkyl carbamates (subject to hydrolysis) is 1. The molecule has 1 amide bonds. The highest BCUT2D eigenvalue weighted by atomic mass is 16.6. The van der Waals surface area contributed by atoms with Gasteiger partial charge in [-0.2, -0.15) is 11.1 Å². The Morgan fingerprint density at radius 2 is 1.57 bits per heavy atom. The van der Waals surface area contributed by atoms with Crippen LogP contribution in [0.15, 0.2) is 48.5 Å². The van der Waals surface area contributed by atoms with Crippen molar-refractivity contribution in [3.8, 4) is 11.1 Å². The Kier molecular flexibility index (Phi) is 6.24. The largest absolute Gasteiger partial charge is 0.464 e. The van der Waals surface area contributed by atoms with E-state index in [2.05, 4.69) is 51.5 Å². The maximum absolute atomic E-state index is 12.5. The molecule has 0 saturated carbocycles. The van der Waals surface area contributed by atoms with Crippen molar-refractivity contribution in [3.63, 3.8) is 0 Å². The standard InChI is InChI=1S/C21H25N5O4/c1-2-29-20(27)18(11-19-23-25-26-24-19)22-21(28)30-12-17-15-9-5-3-7-13(15)14-8-4-6-10-16(14)17/h3-10,17-19,23-26H,2,11-12H2,1H3,(H,22,28)/t18-/m1/s1. The van der Waals surface area contributed by atoms with E-state index in [0.29, 0.717) is 0 Å². The van der Waals surface area contributed by atoms with E-state index >= 15 is 0 Å². The van der Waals surface area contributed by atoms with Gasteiger partial charge in [0.05, 0.1) is 12.8 Å². The summed E-state index contributed by atoms with van der Waals surface area (Å²) in [7, 11) is 0. The van der Waals surface area contributed by atoms with Crippen LogP contribution in [0, 0.1) is 0 Å². The van der Waals surface area contributed by atoms with Crippen molar-refractivity contribution in [1.29, 1.82) is 0 Å². The molecule has 158 valence electrons. The van der Waals surface area contributed by atoms with Gasteiger partial charge in [-0.3, -0.25) is 0 Å². The Labute approximate surface area is 174 Å². The van der Waals surface area contributed by atoms with E-state index in [1.807, 2.05) is 24.3 Å². The first-order valence-corrected chi connectivity index (χ1v) is 9.96. The maximum Gasteiger partial charge on any atom is 0.407 e. The molecule has 0 aromatic heterocycles. The second-order valence-corrected chi connectivity index (χ2v) is 7.10. The van der Waals surface area contributed by atoms with Gasteiger partial charge in [0.2, 0.25) is 0 Å². The Morgan fingerprint density at radius 3 is 2.17 bits per heavy atom. The second-order valence-electron chi connectivity index (χ2n) is 7.10. The lowest BCUT2D eigenvalue weighted by molar-refractivity contribution is -0.145. The molecular weight excluding hydrogens is 386 g/mol. The molecule has 9 heteroatoms. The molecule has 2 aromatic rings. The quantitative estimate of drug-likeness (QED) is 0.433. The number of benzene rings is 2. The summed E-state index contributed by atoms with van der Waals surface area (Å²) < 4.78 is 10.6. The Hall–Kier alpha value is -2.98. The number of nitrogens with one attached hydrogen (secondary N) is 5. The number of carbonyl (C=O) groups is 2. The van der Waals surface area contributed by atoms with Gasteiger partial charge in [0, 0.05) is 12.3 Å². The van der Waals surface area contributed by atoms with Crippen LogP contribution in [-0.2, 0) is 14.3 Å². The minimum Gasteiger partial charge on any atom is -0.464 e. The van der Waals surface area contributed by atoms with Crippen molar-refractivity contribution in [2.24, 2.45) is 0 Å². The van der Waals surface area contributed by atoms with Gasteiger partial charge in [-0.1, -0.05) is 48.5 Å². The zero-order valence-electron chi connectivity index (χ0n) is 16.6. The minimum atomic E-state index is -0.854. The monoisotopic (exact) mass is 411 g/mol. The lowest BCUT2D eigenvalue weighted by Crippen LogP contribution is -2.48. The van der Waals surface area contributed by atoms with Gasteiger partial charge >= 0.3 is 12.1 Å². The summed E-state index contributed by atoms with van der Waals surface area (Å²) in [5.41, 5.74) is 15.7. The number of fused-ring (bicyclic) bond motifs is 3. The molecule has 9 nitrogen and oxygen atoms in total. The number of hydrogen-bond acceptors (Lipinski definition) is 8. The number of carbonyl (C=O) groups excluding carboxylic acids is 2. The van der Waals surface area contributed by atoms with Crippen LogP contribution in [0.25, 0.3) is 11.1 Å². The fraction of sp³-hybridized carbons (Fsp3) is 0.333. The molecule has 0 unspecified atom stereocenters. The molecule has 2 aliphatic rings. The van der Waals surface area contributed by atoms with Crippen molar-refractivity contribution >= 4 is 12.1 Å².